The summed E-state index contributed by atoms with van der Waals surface area (Å²) in [5, 5.41) is 0. The number of amides is 1. The lowest BCUT2D eigenvalue weighted by Gasteiger charge is -2.45. The number of aromatic amines is 1. The van der Waals surface area contributed by atoms with Gasteiger partial charge in [0, 0.05) is 37.9 Å². The zero-order valence-electron chi connectivity index (χ0n) is 21.4. The Bertz CT molecular complexity index is 1290. The fourth-order valence-electron chi connectivity index (χ4n) is 5.55. The van der Waals surface area contributed by atoms with Crippen LogP contribution >= 0.6 is 11.3 Å². The molecule has 192 valence electrons. The SMILES string of the molecule is Cc1cc(-c2[nH]c3cc(C(=O)N(C)[C@@H]4CCN(C5CCC5)C[C@@H]4F)sc3c2C(C)C)cnc1N=CN. The van der Waals surface area contributed by atoms with Gasteiger partial charge in [-0.15, -0.1) is 11.3 Å². The van der Waals surface area contributed by atoms with Crippen molar-refractivity contribution in [1.29, 1.82) is 0 Å². The number of rotatable bonds is 6. The number of nitrogens with zero attached hydrogens (tertiary/aromatic N) is 4. The summed E-state index contributed by atoms with van der Waals surface area (Å²) in [4.78, 5) is 30.1. The van der Waals surface area contributed by atoms with E-state index in [9.17, 15) is 4.79 Å². The first-order valence-electron chi connectivity index (χ1n) is 12.8. The van der Waals surface area contributed by atoms with Crippen molar-refractivity contribution in [1.82, 2.24) is 19.8 Å². The fraction of sp³-hybridized carbons (Fsp3) is 0.519. The normalized spacial score (nSPS) is 21.5. The Kier molecular flexibility index (Phi) is 6.87. The van der Waals surface area contributed by atoms with Gasteiger partial charge in [0.1, 0.15) is 6.17 Å². The number of likely N-dealkylation sites (tertiary alicyclic amines) is 1. The number of thiophene rings is 1. The maximum atomic E-state index is 15.1. The molecular weight excluding hydrogens is 475 g/mol. The number of halogens is 1. The number of alkyl halides is 1. The first kappa shape index (κ1) is 24.9. The van der Waals surface area contributed by atoms with Crippen molar-refractivity contribution >= 4 is 39.6 Å². The van der Waals surface area contributed by atoms with E-state index in [1.807, 2.05) is 19.1 Å². The van der Waals surface area contributed by atoms with Crippen LogP contribution in [0.3, 0.4) is 0 Å². The number of hydrogen-bond donors (Lipinski definition) is 2. The molecule has 1 saturated carbocycles. The molecule has 0 aromatic carbocycles. The highest BCUT2D eigenvalue weighted by molar-refractivity contribution is 7.21. The largest absolute Gasteiger partial charge is 0.390 e. The Hall–Kier alpha value is -2.78. The van der Waals surface area contributed by atoms with Gasteiger partial charge in [0.2, 0.25) is 0 Å². The molecule has 0 bridgehead atoms. The number of aryl methyl sites for hydroxylation is 1. The van der Waals surface area contributed by atoms with E-state index >= 15 is 4.39 Å². The van der Waals surface area contributed by atoms with Crippen molar-refractivity contribution in [2.24, 2.45) is 10.7 Å². The number of aromatic nitrogens is 2. The number of nitrogens with two attached hydrogens (primary N) is 1. The molecule has 1 saturated heterocycles. The van der Waals surface area contributed by atoms with Crippen molar-refractivity contribution < 1.29 is 9.18 Å². The molecule has 3 aromatic heterocycles. The third-order valence-corrected chi connectivity index (χ3v) is 8.93. The quantitative estimate of drug-likeness (QED) is 0.344. The Labute approximate surface area is 215 Å². The Morgan fingerprint density at radius 1 is 1.36 bits per heavy atom. The van der Waals surface area contributed by atoms with Crippen LogP contribution < -0.4 is 5.73 Å². The summed E-state index contributed by atoms with van der Waals surface area (Å²) < 4.78 is 16.2. The number of carbonyl (C=O) groups is 1. The predicted octanol–water partition coefficient (Wildman–Crippen LogP) is 5.38. The van der Waals surface area contributed by atoms with Crippen LogP contribution in [0.5, 0.6) is 0 Å². The molecule has 0 unspecified atom stereocenters. The first-order valence-corrected chi connectivity index (χ1v) is 13.6. The maximum absolute atomic E-state index is 15.1. The van der Waals surface area contributed by atoms with Crippen LogP contribution in [-0.2, 0) is 0 Å². The molecule has 9 heteroatoms. The van der Waals surface area contributed by atoms with E-state index in [1.54, 1.807) is 18.1 Å². The van der Waals surface area contributed by atoms with E-state index in [1.165, 1.54) is 36.9 Å². The molecular formula is C27H35FN6OS. The summed E-state index contributed by atoms with van der Waals surface area (Å²) in [6, 6.07) is 4.13. The van der Waals surface area contributed by atoms with Gasteiger partial charge >= 0.3 is 0 Å². The van der Waals surface area contributed by atoms with Crippen molar-refractivity contribution in [3.05, 3.63) is 34.3 Å². The third-order valence-electron chi connectivity index (χ3n) is 7.78. The molecule has 2 atom stereocenters. The Balaban J connectivity index is 1.39. The van der Waals surface area contributed by atoms with Gasteiger partial charge < -0.3 is 15.6 Å². The number of hydrogen-bond acceptors (Lipinski definition) is 5. The summed E-state index contributed by atoms with van der Waals surface area (Å²) in [5.74, 6) is 0.731. The average Bonchev–Trinajstić information content (AvgIpc) is 3.36. The number of aliphatic imine (C=N–C) groups is 1. The van der Waals surface area contributed by atoms with E-state index in [-0.39, 0.29) is 17.9 Å². The number of H-pyrrole nitrogens is 1. The van der Waals surface area contributed by atoms with Crippen LogP contribution in [0.4, 0.5) is 10.2 Å². The highest BCUT2D eigenvalue weighted by Gasteiger charge is 2.38. The van der Waals surface area contributed by atoms with Crippen molar-refractivity contribution in [3.8, 4) is 11.3 Å². The molecule has 1 aliphatic carbocycles. The van der Waals surface area contributed by atoms with E-state index in [0.717, 1.165) is 39.1 Å². The van der Waals surface area contributed by atoms with Crippen molar-refractivity contribution in [3.63, 3.8) is 0 Å². The van der Waals surface area contributed by atoms with E-state index in [2.05, 4.69) is 33.7 Å². The minimum atomic E-state index is -1.02. The van der Waals surface area contributed by atoms with Crippen LogP contribution in [0, 0.1) is 6.92 Å². The van der Waals surface area contributed by atoms with Crippen LogP contribution in [-0.4, -0.2) is 70.4 Å². The van der Waals surface area contributed by atoms with Crippen molar-refractivity contribution in [2.45, 2.75) is 70.6 Å². The summed E-state index contributed by atoms with van der Waals surface area (Å²) in [5.41, 5.74) is 10.4. The fourth-order valence-corrected chi connectivity index (χ4v) is 6.85. The van der Waals surface area contributed by atoms with E-state index < -0.39 is 6.17 Å². The molecule has 2 fully saturated rings. The standard InChI is InChI=1S/C27H35FN6OS/c1-15(2)23-24(17-10-16(3)26(30-12-17)31-14-29)32-20-11-22(36-25(20)23)27(35)33(4)21-8-9-34(13-19(21)28)18-6-5-7-18/h10-12,14-15,18-19,21,32H,5-9,13H2,1-4H3,(H2,29,30,31)/t19-,21+/m0/s1. The lowest BCUT2D eigenvalue weighted by Crippen LogP contribution is -2.56. The average molecular weight is 511 g/mol. The molecule has 4 heterocycles. The molecule has 3 N–H and O–H groups in total. The van der Waals surface area contributed by atoms with Gasteiger partial charge in [0.25, 0.3) is 5.91 Å². The van der Waals surface area contributed by atoms with Gasteiger partial charge in [-0.2, -0.15) is 0 Å². The van der Waals surface area contributed by atoms with E-state index in [4.69, 9.17) is 5.73 Å². The van der Waals surface area contributed by atoms with Gasteiger partial charge in [-0.25, -0.2) is 14.4 Å². The summed E-state index contributed by atoms with van der Waals surface area (Å²) in [6.07, 6.45) is 6.31. The lowest BCUT2D eigenvalue weighted by atomic mass is 9.89. The second-order valence-electron chi connectivity index (χ2n) is 10.4. The lowest BCUT2D eigenvalue weighted by molar-refractivity contribution is 0.00977. The summed E-state index contributed by atoms with van der Waals surface area (Å²) in [6.45, 7) is 7.55. The smallest absolute Gasteiger partial charge is 0.264 e. The minimum absolute atomic E-state index is 0.105. The van der Waals surface area contributed by atoms with Gasteiger partial charge in [-0.05, 0) is 55.4 Å². The second kappa shape index (κ2) is 9.94. The number of pyridine rings is 1. The molecule has 1 amide bonds. The third kappa shape index (κ3) is 4.43. The number of fused-ring (bicyclic) bond motifs is 1. The molecule has 0 radical (unpaired) electrons. The number of carbonyl (C=O) groups excluding carboxylic acids is 1. The topological polar surface area (TPSA) is 90.6 Å². The Morgan fingerprint density at radius 3 is 2.75 bits per heavy atom. The van der Waals surface area contributed by atoms with Crippen LogP contribution in [0.2, 0.25) is 0 Å². The van der Waals surface area contributed by atoms with E-state index in [0.29, 0.717) is 29.7 Å². The van der Waals surface area contributed by atoms with Gasteiger partial charge in [0.15, 0.2) is 5.82 Å². The molecule has 2 aliphatic rings. The highest BCUT2D eigenvalue weighted by Crippen LogP contribution is 2.41. The summed E-state index contributed by atoms with van der Waals surface area (Å²) >= 11 is 1.49. The van der Waals surface area contributed by atoms with Crippen LogP contribution in [0.25, 0.3) is 21.5 Å². The first-order chi connectivity index (χ1) is 17.3. The molecule has 5 rings (SSSR count). The van der Waals surface area contributed by atoms with Crippen LogP contribution in [0.1, 0.15) is 66.2 Å². The van der Waals surface area contributed by atoms with Gasteiger partial charge in [0.05, 0.1) is 33.2 Å². The molecule has 3 aromatic rings. The Morgan fingerprint density at radius 2 is 2.14 bits per heavy atom. The van der Waals surface area contributed by atoms with Crippen LogP contribution in [0.15, 0.2) is 23.3 Å². The maximum Gasteiger partial charge on any atom is 0.264 e. The summed E-state index contributed by atoms with van der Waals surface area (Å²) in [7, 11) is 1.75. The number of nitrogens with one attached hydrogen (secondary N) is 1. The van der Waals surface area contributed by atoms with Crippen molar-refractivity contribution in [2.75, 3.05) is 20.1 Å². The zero-order valence-corrected chi connectivity index (χ0v) is 22.2. The monoisotopic (exact) mass is 510 g/mol. The highest BCUT2D eigenvalue weighted by atomic mass is 32.1. The minimum Gasteiger partial charge on any atom is -0.390 e. The number of piperidine rings is 1. The van der Waals surface area contributed by atoms with Gasteiger partial charge in [-0.1, -0.05) is 20.3 Å². The molecule has 1 aliphatic heterocycles. The predicted molar refractivity (Wildman–Crippen MR) is 145 cm³/mol. The second-order valence-corrected chi connectivity index (χ2v) is 11.5. The molecule has 7 nitrogen and oxygen atoms in total. The molecule has 36 heavy (non-hydrogen) atoms. The van der Waals surface area contributed by atoms with Gasteiger partial charge in [-0.3, -0.25) is 9.69 Å². The molecule has 0 spiro atoms. The zero-order chi connectivity index (χ0) is 25.6.